The van der Waals surface area contributed by atoms with Gasteiger partial charge in [-0.25, -0.2) is 0 Å². The van der Waals surface area contributed by atoms with Gasteiger partial charge in [-0.1, -0.05) is 15.9 Å². The van der Waals surface area contributed by atoms with Crippen LogP contribution < -0.4 is 15.8 Å². The Kier molecular flexibility index (Phi) is 6.26. The molecule has 0 radical (unpaired) electrons. The molecule has 8 heteroatoms. The normalized spacial score (nSPS) is 11.7. The number of rotatable bonds is 6. The van der Waals surface area contributed by atoms with E-state index in [1.165, 1.54) is 0 Å². The number of aliphatic hydroxyl groups is 1. The molecule has 0 aliphatic heterocycles. The van der Waals surface area contributed by atoms with Crippen molar-refractivity contribution in [1.82, 2.24) is 5.32 Å². The summed E-state index contributed by atoms with van der Waals surface area (Å²) in [6.45, 7) is -0.468. The van der Waals surface area contributed by atoms with Crippen molar-refractivity contribution in [2.24, 2.45) is 5.73 Å². The smallest absolute Gasteiger partial charge is 0.258 e. The Bertz CT molecular complexity index is 482. The predicted octanol–water partition coefficient (Wildman–Crippen LogP) is 0.553. The summed E-state index contributed by atoms with van der Waals surface area (Å²) in [6.07, 6.45) is -1.40. The minimum Gasteiger partial charge on any atom is -0.483 e. The minimum absolute atomic E-state index is 0.230. The lowest BCUT2D eigenvalue weighted by Gasteiger charge is -2.10. The molecule has 104 valence electrons. The van der Waals surface area contributed by atoms with Crippen LogP contribution in [-0.4, -0.2) is 36.2 Å². The second-order valence-electron chi connectivity index (χ2n) is 3.59. The summed E-state index contributed by atoms with van der Waals surface area (Å²) in [5.74, 6) is -0.846. The number of carbonyl (C=O) groups is 2. The molecule has 1 rings (SSSR count). The molecular weight excluding hydrogens is 384 g/mol. The first-order valence-electron chi connectivity index (χ1n) is 5.22. The molecule has 19 heavy (non-hydrogen) atoms. The van der Waals surface area contributed by atoms with Gasteiger partial charge in [0.15, 0.2) is 6.61 Å². The van der Waals surface area contributed by atoms with Crippen molar-refractivity contribution in [2.45, 2.75) is 6.10 Å². The van der Waals surface area contributed by atoms with Gasteiger partial charge in [0.1, 0.15) is 11.9 Å². The van der Waals surface area contributed by atoms with Gasteiger partial charge in [0.05, 0.1) is 11.0 Å². The first-order valence-corrected chi connectivity index (χ1v) is 6.80. The van der Waals surface area contributed by atoms with Gasteiger partial charge >= 0.3 is 0 Å². The Morgan fingerprint density at radius 2 is 2.11 bits per heavy atom. The summed E-state index contributed by atoms with van der Waals surface area (Å²) in [7, 11) is 0. The van der Waals surface area contributed by atoms with Crippen molar-refractivity contribution >= 4 is 43.7 Å². The summed E-state index contributed by atoms with van der Waals surface area (Å²) in [6, 6.07) is 5.25. The number of hydrogen-bond donors (Lipinski definition) is 3. The lowest BCUT2D eigenvalue weighted by atomic mass is 10.3. The van der Waals surface area contributed by atoms with E-state index in [9.17, 15) is 9.59 Å². The van der Waals surface area contributed by atoms with Gasteiger partial charge in [0.2, 0.25) is 5.91 Å². The highest BCUT2D eigenvalue weighted by molar-refractivity contribution is 9.11. The van der Waals surface area contributed by atoms with Gasteiger partial charge < -0.3 is 20.9 Å². The van der Waals surface area contributed by atoms with E-state index < -0.39 is 17.9 Å². The van der Waals surface area contributed by atoms with Crippen LogP contribution in [0.15, 0.2) is 27.1 Å². The summed E-state index contributed by atoms with van der Waals surface area (Å²) in [5.41, 5.74) is 4.84. The standard InChI is InChI=1S/C11H12Br2N2O4/c12-6-1-2-9(7(13)3-6)19-5-10(17)15-4-8(16)11(14)18/h1-3,8,16H,4-5H2,(H2,14,18)(H,15,17). The van der Waals surface area contributed by atoms with E-state index in [1.807, 2.05) is 0 Å². The average Bonchev–Trinajstić information content (AvgIpc) is 2.34. The van der Waals surface area contributed by atoms with Gasteiger partial charge in [-0.05, 0) is 34.1 Å². The topological polar surface area (TPSA) is 102 Å². The fourth-order valence-corrected chi connectivity index (χ4v) is 2.26. The Labute approximate surface area is 126 Å². The van der Waals surface area contributed by atoms with Crippen LogP contribution in [0.3, 0.4) is 0 Å². The first-order chi connectivity index (χ1) is 8.90. The first kappa shape index (κ1) is 15.9. The molecule has 1 atom stereocenters. The monoisotopic (exact) mass is 394 g/mol. The van der Waals surface area contributed by atoms with E-state index in [4.69, 9.17) is 15.6 Å². The number of nitrogens with one attached hydrogen (secondary N) is 1. The number of hydrogen-bond acceptors (Lipinski definition) is 4. The summed E-state index contributed by atoms with van der Waals surface area (Å²) >= 11 is 6.58. The molecule has 0 aliphatic carbocycles. The van der Waals surface area contributed by atoms with E-state index in [0.29, 0.717) is 10.2 Å². The maximum Gasteiger partial charge on any atom is 0.258 e. The molecule has 4 N–H and O–H groups in total. The second-order valence-corrected chi connectivity index (χ2v) is 5.36. The number of primary amides is 1. The lowest BCUT2D eigenvalue weighted by molar-refractivity contribution is -0.127. The van der Waals surface area contributed by atoms with Crippen LogP contribution >= 0.6 is 31.9 Å². The van der Waals surface area contributed by atoms with Crippen molar-refractivity contribution in [3.63, 3.8) is 0 Å². The van der Waals surface area contributed by atoms with Crippen molar-refractivity contribution in [3.05, 3.63) is 27.1 Å². The van der Waals surface area contributed by atoms with E-state index in [-0.39, 0.29) is 13.2 Å². The lowest BCUT2D eigenvalue weighted by Crippen LogP contribution is -2.41. The third kappa shape index (κ3) is 5.58. The zero-order valence-corrected chi connectivity index (χ0v) is 12.9. The number of ether oxygens (including phenoxy) is 1. The highest BCUT2D eigenvalue weighted by atomic mass is 79.9. The van der Waals surface area contributed by atoms with Crippen molar-refractivity contribution in [3.8, 4) is 5.75 Å². The fourth-order valence-electron chi connectivity index (χ4n) is 1.10. The van der Waals surface area contributed by atoms with Crippen molar-refractivity contribution in [1.29, 1.82) is 0 Å². The van der Waals surface area contributed by atoms with Gasteiger partial charge in [0.25, 0.3) is 5.91 Å². The Hall–Kier alpha value is -1.12. The highest BCUT2D eigenvalue weighted by Gasteiger charge is 2.12. The molecule has 0 aliphatic rings. The summed E-state index contributed by atoms with van der Waals surface area (Å²) in [5, 5.41) is 11.4. The Morgan fingerprint density at radius 3 is 2.68 bits per heavy atom. The largest absolute Gasteiger partial charge is 0.483 e. The third-order valence-corrected chi connectivity index (χ3v) is 3.19. The molecule has 6 nitrogen and oxygen atoms in total. The van der Waals surface area contributed by atoms with Crippen LogP contribution in [0.2, 0.25) is 0 Å². The van der Waals surface area contributed by atoms with Gasteiger partial charge in [-0.3, -0.25) is 9.59 Å². The second kappa shape index (κ2) is 7.46. The quantitative estimate of drug-likeness (QED) is 0.654. The summed E-state index contributed by atoms with van der Waals surface area (Å²) < 4.78 is 6.85. The molecule has 1 aromatic rings. The Morgan fingerprint density at radius 1 is 1.42 bits per heavy atom. The average molecular weight is 396 g/mol. The van der Waals surface area contributed by atoms with E-state index >= 15 is 0 Å². The van der Waals surface area contributed by atoms with Gasteiger partial charge in [-0.15, -0.1) is 0 Å². The molecule has 1 unspecified atom stereocenters. The Balaban J connectivity index is 2.40. The molecular formula is C11H12Br2N2O4. The molecule has 0 bridgehead atoms. The molecule has 0 aromatic heterocycles. The van der Waals surface area contributed by atoms with Gasteiger partial charge in [-0.2, -0.15) is 0 Å². The predicted molar refractivity (Wildman–Crippen MR) is 75.5 cm³/mol. The van der Waals surface area contributed by atoms with Crippen LogP contribution in [0, 0.1) is 0 Å². The number of aliphatic hydroxyl groups excluding tert-OH is 1. The van der Waals surface area contributed by atoms with Crippen LogP contribution in [0.1, 0.15) is 0 Å². The van der Waals surface area contributed by atoms with Gasteiger partial charge in [0, 0.05) is 4.47 Å². The van der Waals surface area contributed by atoms with Crippen LogP contribution in [0.25, 0.3) is 0 Å². The van der Waals surface area contributed by atoms with E-state index in [2.05, 4.69) is 37.2 Å². The van der Waals surface area contributed by atoms with Crippen LogP contribution in [0.4, 0.5) is 0 Å². The zero-order chi connectivity index (χ0) is 14.4. The van der Waals surface area contributed by atoms with Crippen molar-refractivity contribution < 1.29 is 19.4 Å². The number of amides is 2. The molecule has 0 spiro atoms. The molecule has 1 aromatic carbocycles. The molecule has 0 fully saturated rings. The fraction of sp³-hybridized carbons (Fsp3) is 0.273. The molecule has 0 heterocycles. The summed E-state index contributed by atoms with van der Waals surface area (Å²) in [4.78, 5) is 21.9. The number of nitrogens with two attached hydrogens (primary N) is 1. The zero-order valence-electron chi connectivity index (χ0n) is 9.73. The maximum atomic E-state index is 11.4. The molecule has 0 saturated heterocycles. The number of benzene rings is 1. The SMILES string of the molecule is NC(=O)C(O)CNC(=O)COc1ccc(Br)cc1Br. The van der Waals surface area contributed by atoms with E-state index in [1.54, 1.807) is 18.2 Å². The number of halogens is 2. The van der Waals surface area contributed by atoms with Crippen LogP contribution in [0.5, 0.6) is 5.75 Å². The molecule has 0 saturated carbocycles. The highest BCUT2D eigenvalue weighted by Crippen LogP contribution is 2.27. The molecule has 2 amide bonds. The van der Waals surface area contributed by atoms with E-state index in [0.717, 1.165) is 4.47 Å². The van der Waals surface area contributed by atoms with Crippen LogP contribution in [-0.2, 0) is 9.59 Å². The maximum absolute atomic E-state index is 11.4. The number of carbonyl (C=O) groups excluding carboxylic acids is 2. The third-order valence-electron chi connectivity index (χ3n) is 2.07. The van der Waals surface area contributed by atoms with Crippen molar-refractivity contribution in [2.75, 3.05) is 13.2 Å². The minimum atomic E-state index is -1.40.